The SMILES string of the molecule is CC(=O)Oc1ccc(-c2ccc(C(=O)OCC(=O)N(C)CCC#N)cc2)cc1. The second-order valence-corrected chi connectivity index (χ2v) is 5.99. The monoisotopic (exact) mass is 380 g/mol. The Morgan fingerprint density at radius 2 is 1.57 bits per heavy atom. The number of hydrogen-bond donors (Lipinski definition) is 0. The number of hydrogen-bond acceptors (Lipinski definition) is 6. The minimum atomic E-state index is -0.598. The lowest BCUT2D eigenvalue weighted by Crippen LogP contribution is -2.31. The summed E-state index contributed by atoms with van der Waals surface area (Å²) in [5, 5.41) is 8.52. The van der Waals surface area contributed by atoms with Gasteiger partial charge in [0.05, 0.1) is 18.1 Å². The molecule has 0 bridgehead atoms. The average molecular weight is 380 g/mol. The van der Waals surface area contributed by atoms with Gasteiger partial charge < -0.3 is 14.4 Å². The fraction of sp³-hybridized carbons (Fsp3) is 0.238. The summed E-state index contributed by atoms with van der Waals surface area (Å²) in [4.78, 5) is 36.2. The van der Waals surface area contributed by atoms with Crippen LogP contribution in [0.5, 0.6) is 5.75 Å². The number of rotatable bonds is 7. The number of ether oxygens (including phenoxy) is 2. The van der Waals surface area contributed by atoms with Crippen molar-refractivity contribution in [3.05, 3.63) is 54.1 Å². The second kappa shape index (κ2) is 9.88. The van der Waals surface area contributed by atoms with Gasteiger partial charge in [-0.15, -0.1) is 0 Å². The van der Waals surface area contributed by atoms with Crippen LogP contribution in [0.3, 0.4) is 0 Å². The lowest BCUT2D eigenvalue weighted by Gasteiger charge is -2.15. The van der Waals surface area contributed by atoms with Crippen molar-refractivity contribution < 1.29 is 23.9 Å². The van der Waals surface area contributed by atoms with E-state index in [-0.39, 0.29) is 31.4 Å². The molecule has 0 atom stereocenters. The molecule has 2 aromatic rings. The smallest absolute Gasteiger partial charge is 0.338 e. The first-order valence-electron chi connectivity index (χ1n) is 8.57. The highest BCUT2D eigenvalue weighted by Crippen LogP contribution is 2.23. The van der Waals surface area contributed by atoms with Gasteiger partial charge in [-0.25, -0.2) is 4.79 Å². The lowest BCUT2D eigenvalue weighted by molar-refractivity contribution is -0.133. The summed E-state index contributed by atoms with van der Waals surface area (Å²) in [7, 11) is 1.55. The number of nitrogens with zero attached hydrogens (tertiary/aromatic N) is 2. The maximum atomic E-state index is 12.1. The molecule has 0 aliphatic carbocycles. The van der Waals surface area contributed by atoms with Gasteiger partial charge in [0, 0.05) is 20.5 Å². The maximum absolute atomic E-state index is 12.1. The van der Waals surface area contributed by atoms with Crippen LogP contribution < -0.4 is 4.74 Å². The maximum Gasteiger partial charge on any atom is 0.338 e. The summed E-state index contributed by atoms with van der Waals surface area (Å²) in [6.45, 7) is 1.25. The topological polar surface area (TPSA) is 96.7 Å². The van der Waals surface area contributed by atoms with E-state index in [0.29, 0.717) is 11.3 Å². The molecule has 0 heterocycles. The minimum Gasteiger partial charge on any atom is -0.452 e. The van der Waals surface area contributed by atoms with Gasteiger partial charge in [-0.3, -0.25) is 9.59 Å². The highest BCUT2D eigenvalue weighted by atomic mass is 16.5. The number of likely N-dealkylation sites (N-methyl/N-ethyl adjacent to an activating group) is 1. The van der Waals surface area contributed by atoms with Crippen LogP contribution in [0, 0.1) is 11.3 Å². The van der Waals surface area contributed by atoms with Crippen LogP contribution in [0.4, 0.5) is 0 Å². The van der Waals surface area contributed by atoms with E-state index in [1.54, 1.807) is 55.6 Å². The number of carbonyl (C=O) groups excluding carboxylic acids is 3. The van der Waals surface area contributed by atoms with Gasteiger partial charge in [-0.2, -0.15) is 5.26 Å². The largest absolute Gasteiger partial charge is 0.452 e. The normalized spacial score (nSPS) is 9.89. The molecule has 28 heavy (non-hydrogen) atoms. The van der Waals surface area contributed by atoms with Crippen LogP contribution >= 0.6 is 0 Å². The average Bonchev–Trinajstić information content (AvgIpc) is 2.70. The first-order chi connectivity index (χ1) is 13.4. The molecule has 0 spiro atoms. The van der Waals surface area contributed by atoms with Crippen molar-refractivity contribution in [3.63, 3.8) is 0 Å². The standard InChI is InChI=1S/C21H20N2O5/c1-15(24)28-19-10-8-17(9-11-19)16-4-6-18(7-5-16)21(26)27-14-20(25)23(2)13-3-12-22/h4-11H,3,13-14H2,1-2H3. The number of nitriles is 1. The third-order valence-corrected chi connectivity index (χ3v) is 3.88. The molecule has 0 aromatic heterocycles. The third kappa shape index (κ3) is 5.95. The molecule has 0 fully saturated rings. The molecule has 7 heteroatoms. The van der Waals surface area contributed by atoms with E-state index in [4.69, 9.17) is 14.7 Å². The number of benzene rings is 2. The lowest BCUT2D eigenvalue weighted by atomic mass is 10.0. The van der Waals surface area contributed by atoms with Crippen LogP contribution in [0.2, 0.25) is 0 Å². The van der Waals surface area contributed by atoms with Gasteiger partial charge in [-0.1, -0.05) is 24.3 Å². The van der Waals surface area contributed by atoms with Crippen LogP contribution in [-0.2, 0) is 14.3 Å². The number of esters is 2. The van der Waals surface area contributed by atoms with Gasteiger partial charge in [-0.05, 0) is 35.4 Å². The molecule has 0 saturated carbocycles. The van der Waals surface area contributed by atoms with Crippen molar-refractivity contribution in [2.45, 2.75) is 13.3 Å². The molecule has 2 aromatic carbocycles. The van der Waals surface area contributed by atoms with Gasteiger partial charge in [0.1, 0.15) is 5.75 Å². The molecule has 0 saturated heterocycles. The van der Waals surface area contributed by atoms with E-state index < -0.39 is 5.97 Å². The predicted molar refractivity (Wildman–Crippen MR) is 101 cm³/mol. The molecule has 7 nitrogen and oxygen atoms in total. The molecular weight excluding hydrogens is 360 g/mol. The zero-order valence-electron chi connectivity index (χ0n) is 15.7. The van der Waals surface area contributed by atoms with E-state index in [1.807, 2.05) is 6.07 Å². The van der Waals surface area contributed by atoms with Crippen LogP contribution in [-0.4, -0.2) is 42.9 Å². The fourth-order valence-electron chi connectivity index (χ4n) is 2.34. The molecule has 0 unspecified atom stereocenters. The minimum absolute atomic E-state index is 0.222. The number of amides is 1. The zero-order chi connectivity index (χ0) is 20.5. The van der Waals surface area contributed by atoms with Crippen molar-refractivity contribution >= 4 is 17.8 Å². The Bertz CT molecular complexity index is 883. The van der Waals surface area contributed by atoms with Crippen LogP contribution in [0.1, 0.15) is 23.7 Å². The van der Waals surface area contributed by atoms with Crippen molar-refractivity contribution in [2.75, 3.05) is 20.2 Å². The first-order valence-corrected chi connectivity index (χ1v) is 8.57. The Morgan fingerprint density at radius 1 is 1.00 bits per heavy atom. The third-order valence-electron chi connectivity index (χ3n) is 3.88. The van der Waals surface area contributed by atoms with Crippen molar-refractivity contribution in [1.29, 1.82) is 5.26 Å². The van der Waals surface area contributed by atoms with E-state index in [2.05, 4.69) is 0 Å². The van der Waals surface area contributed by atoms with E-state index in [9.17, 15) is 14.4 Å². The predicted octanol–water partition coefficient (Wildman–Crippen LogP) is 2.81. The van der Waals surface area contributed by atoms with E-state index in [0.717, 1.165) is 11.1 Å². The summed E-state index contributed by atoms with van der Waals surface area (Å²) in [5.41, 5.74) is 2.09. The Kier molecular flexibility index (Phi) is 7.28. The molecule has 2 rings (SSSR count). The Balaban J connectivity index is 1.94. The van der Waals surface area contributed by atoms with Crippen LogP contribution in [0.25, 0.3) is 11.1 Å². The van der Waals surface area contributed by atoms with Gasteiger partial charge in [0.2, 0.25) is 0 Å². The Morgan fingerprint density at radius 3 is 2.11 bits per heavy atom. The molecule has 0 aliphatic heterocycles. The Labute approximate surface area is 163 Å². The fourth-order valence-corrected chi connectivity index (χ4v) is 2.34. The molecule has 0 N–H and O–H groups in total. The summed E-state index contributed by atoms with van der Waals surface area (Å²) < 4.78 is 10.0. The second-order valence-electron chi connectivity index (χ2n) is 5.99. The van der Waals surface area contributed by atoms with Crippen molar-refractivity contribution in [2.24, 2.45) is 0 Å². The molecular formula is C21H20N2O5. The highest BCUT2D eigenvalue weighted by molar-refractivity contribution is 5.91. The molecule has 0 radical (unpaired) electrons. The first kappa shape index (κ1) is 20.6. The van der Waals surface area contributed by atoms with E-state index in [1.165, 1.54) is 11.8 Å². The highest BCUT2D eigenvalue weighted by Gasteiger charge is 2.13. The van der Waals surface area contributed by atoms with Gasteiger partial charge >= 0.3 is 11.9 Å². The Hall–Kier alpha value is -3.66. The van der Waals surface area contributed by atoms with E-state index >= 15 is 0 Å². The quantitative estimate of drug-likeness (QED) is 0.541. The molecule has 144 valence electrons. The summed E-state index contributed by atoms with van der Waals surface area (Å²) in [6.07, 6.45) is 0.222. The molecule has 1 amide bonds. The van der Waals surface area contributed by atoms with Crippen LogP contribution in [0.15, 0.2) is 48.5 Å². The summed E-state index contributed by atoms with van der Waals surface area (Å²) in [6, 6.07) is 15.7. The van der Waals surface area contributed by atoms with Gasteiger partial charge in [0.25, 0.3) is 5.91 Å². The summed E-state index contributed by atoms with van der Waals surface area (Å²) >= 11 is 0. The number of carbonyl (C=O) groups is 3. The van der Waals surface area contributed by atoms with Gasteiger partial charge in [0.15, 0.2) is 6.61 Å². The zero-order valence-corrected chi connectivity index (χ0v) is 15.7. The van der Waals surface area contributed by atoms with Crippen molar-refractivity contribution in [3.8, 4) is 22.9 Å². The molecule has 0 aliphatic rings. The van der Waals surface area contributed by atoms with Crippen molar-refractivity contribution in [1.82, 2.24) is 4.90 Å². The summed E-state index contributed by atoms with van der Waals surface area (Å²) in [5.74, 6) is -0.891.